The molecule has 1 aliphatic heterocycles. The molecule has 0 amide bonds. The largest absolute Gasteiger partial charge is 0.487 e. The summed E-state index contributed by atoms with van der Waals surface area (Å²) in [4.78, 5) is 12.3. The van der Waals surface area contributed by atoms with Crippen LogP contribution in [-0.2, 0) is 9.53 Å². The molecule has 4 nitrogen and oxygen atoms in total. The van der Waals surface area contributed by atoms with E-state index >= 15 is 0 Å². The zero-order valence-corrected chi connectivity index (χ0v) is 10.9. The Morgan fingerprint density at radius 1 is 1.26 bits per heavy atom. The van der Waals surface area contributed by atoms with Crippen LogP contribution in [0.2, 0.25) is 0 Å². The number of allylic oxidation sites excluding steroid dienone is 1. The van der Waals surface area contributed by atoms with Gasteiger partial charge in [0.15, 0.2) is 5.71 Å². The van der Waals surface area contributed by atoms with Gasteiger partial charge in [-0.3, -0.25) is 4.79 Å². The minimum absolute atomic E-state index is 0.109. The number of Topliss-reactive ketones (excluding diaryl/α,β-unsaturated/α-hetero) is 1. The Morgan fingerprint density at radius 2 is 1.95 bits per heavy atom. The number of fused-ring (bicyclic) bond motifs is 2. The van der Waals surface area contributed by atoms with Crippen molar-refractivity contribution in [3.05, 3.63) is 41.0 Å². The van der Waals surface area contributed by atoms with Gasteiger partial charge in [-0.25, -0.2) is 0 Å². The summed E-state index contributed by atoms with van der Waals surface area (Å²) >= 11 is 0. The van der Waals surface area contributed by atoms with Gasteiger partial charge < -0.3 is 9.94 Å². The number of benzene rings is 1. The van der Waals surface area contributed by atoms with E-state index in [9.17, 15) is 4.79 Å². The van der Waals surface area contributed by atoms with Crippen molar-refractivity contribution in [2.75, 3.05) is 0 Å². The normalized spacial score (nSPS) is 22.8. The number of oxime groups is 1. The number of rotatable bonds is 0. The van der Waals surface area contributed by atoms with Crippen LogP contribution in [0.3, 0.4) is 0 Å². The molecule has 4 heteroatoms. The third-order valence-corrected chi connectivity index (χ3v) is 3.65. The molecule has 0 unspecified atom stereocenters. The van der Waals surface area contributed by atoms with E-state index in [-0.39, 0.29) is 17.1 Å². The van der Waals surface area contributed by atoms with Crippen LogP contribution < -0.4 is 0 Å². The standard InChI is InChI=1S/C15H15NO3/c1-15(2)8-7-11-13(17)12(16-18)9-5-3-4-6-10(9)14(11)19-15/h3-6,18H,7-8H2,1-2H3/b16-12+. The molecule has 1 heterocycles. The van der Waals surface area contributed by atoms with Gasteiger partial charge in [0.2, 0.25) is 5.78 Å². The highest BCUT2D eigenvalue weighted by atomic mass is 16.5. The van der Waals surface area contributed by atoms with Crippen molar-refractivity contribution in [2.24, 2.45) is 5.16 Å². The highest BCUT2D eigenvalue weighted by Gasteiger charge is 2.38. The van der Waals surface area contributed by atoms with Crippen LogP contribution in [0.4, 0.5) is 0 Å². The quantitative estimate of drug-likeness (QED) is 0.574. The zero-order valence-electron chi connectivity index (χ0n) is 10.9. The average Bonchev–Trinajstić information content (AvgIpc) is 2.38. The van der Waals surface area contributed by atoms with Crippen molar-refractivity contribution < 1.29 is 14.7 Å². The minimum atomic E-state index is -0.278. The molecular formula is C15H15NO3. The van der Waals surface area contributed by atoms with Crippen molar-refractivity contribution >= 4 is 17.3 Å². The summed E-state index contributed by atoms with van der Waals surface area (Å²) in [5.41, 5.74) is 1.91. The van der Waals surface area contributed by atoms with Crippen LogP contribution in [-0.4, -0.2) is 22.3 Å². The fourth-order valence-corrected chi connectivity index (χ4v) is 2.61. The Balaban J connectivity index is 2.24. The van der Waals surface area contributed by atoms with E-state index < -0.39 is 0 Å². The molecule has 1 aliphatic carbocycles. The van der Waals surface area contributed by atoms with Crippen molar-refractivity contribution in [2.45, 2.75) is 32.3 Å². The lowest BCUT2D eigenvalue weighted by Gasteiger charge is -2.36. The van der Waals surface area contributed by atoms with E-state index in [1.54, 1.807) is 6.07 Å². The monoisotopic (exact) mass is 257 g/mol. The molecular weight excluding hydrogens is 242 g/mol. The number of carbonyl (C=O) groups excluding carboxylic acids is 1. The van der Waals surface area contributed by atoms with Gasteiger partial charge in [0.1, 0.15) is 11.4 Å². The first-order chi connectivity index (χ1) is 9.03. The lowest BCUT2D eigenvalue weighted by atomic mass is 9.82. The maximum Gasteiger partial charge on any atom is 0.215 e. The lowest BCUT2D eigenvalue weighted by Crippen LogP contribution is -2.35. The maximum atomic E-state index is 12.3. The molecule has 0 radical (unpaired) electrons. The highest BCUT2D eigenvalue weighted by Crippen LogP contribution is 2.41. The molecule has 3 rings (SSSR count). The summed E-state index contributed by atoms with van der Waals surface area (Å²) in [6.07, 6.45) is 1.42. The molecule has 0 aromatic heterocycles. The first-order valence-corrected chi connectivity index (χ1v) is 6.32. The van der Waals surface area contributed by atoms with Crippen LogP contribution in [0.5, 0.6) is 0 Å². The van der Waals surface area contributed by atoms with Crippen LogP contribution in [0.25, 0.3) is 5.76 Å². The Morgan fingerprint density at radius 3 is 2.63 bits per heavy atom. The van der Waals surface area contributed by atoms with Crippen molar-refractivity contribution in [3.8, 4) is 0 Å². The molecule has 0 atom stereocenters. The second-order valence-corrected chi connectivity index (χ2v) is 5.49. The van der Waals surface area contributed by atoms with E-state index in [0.29, 0.717) is 23.3 Å². The zero-order chi connectivity index (χ0) is 13.6. The van der Waals surface area contributed by atoms with Crippen LogP contribution >= 0.6 is 0 Å². The molecule has 98 valence electrons. The third kappa shape index (κ3) is 1.75. The van der Waals surface area contributed by atoms with Crippen molar-refractivity contribution in [1.29, 1.82) is 0 Å². The van der Waals surface area contributed by atoms with E-state index in [4.69, 9.17) is 9.94 Å². The number of ether oxygens (including phenoxy) is 1. The Bertz CT molecular complexity index is 626. The molecule has 0 saturated heterocycles. The summed E-state index contributed by atoms with van der Waals surface area (Å²) < 4.78 is 5.99. The van der Waals surface area contributed by atoms with Gasteiger partial charge in [-0.1, -0.05) is 29.4 Å². The predicted octanol–water partition coefficient (Wildman–Crippen LogP) is 2.75. The van der Waals surface area contributed by atoms with E-state index in [2.05, 4.69) is 5.16 Å². The molecule has 1 N–H and O–H groups in total. The summed E-state index contributed by atoms with van der Waals surface area (Å²) in [6, 6.07) is 7.37. The van der Waals surface area contributed by atoms with Gasteiger partial charge in [-0.15, -0.1) is 0 Å². The predicted molar refractivity (Wildman–Crippen MR) is 71.1 cm³/mol. The molecule has 0 saturated carbocycles. The van der Waals surface area contributed by atoms with Crippen LogP contribution in [0.15, 0.2) is 35.0 Å². The van der Waals surface area contributed by atoms with E-state index in [0.717, 1.165) is 12.0 Å². The third-order valence-electron chi connectivity index (χ3n) is 3.65. The first kappa shape index (κ1) is 12.0. The van der Waals surface area contributed by atoms with Crippen molar-refractivity contribution in [1.82, 2.24) is 0 Å². The number of nitrogens with zero attached hydrogens (tertiary/aromatic N) is 1. The Labute approximate surface area is 111 Å². The number of hydrogen-bond donors (Lipinski definition) is 1. The van der Waals surface area contributed by atoms with Gasteiger partial charge >= 0.3 is 0 Å². The average molecular weight is 257 g/mol. The number of hydrogen-bond acceptors (Lipinski definition) is 4. The molecule has 2 aliphatic rings. The lowest BCUT2D eigenvalue weighted by molar-refractivity contribution is -0.110. The fourth-order valence-electron chi connectivity index (χ4n) is 2.61. The van der Waals surface area contributed by atoms with Gasteiger partial charge in [0.25, 0.3) is 0 Å². The highest BCUT2D eigenvalue weighted by molar-refractivity contribution is 6.54. The maximum absolute atomic E-state index is 12.3. The number of carbonyl (C=O) groups is 1. The van der Waals surface area contributed by atoms with Gasteiger partial charge in [0.05, 0.1) is 0 Å². The number of ketones is 1. The second kappa shape index (κ2) is 3.95. The van der Waals surface area contributed by atoms with E-state index in [1.165, 1.54) is 0 Å². The summed E-state index contributed by atoms with van der Waals surface area (Å²) in [5, 5.41) is 12.3. The van der Waals surface area contributed by atoms with Gasteiger partial charge in [-0.05, 0) is 26.7 Å². The van der Waals surface area contributed by atoms with Gasteiger partial charge in [-0.2, -0.15) is 0 Å². The molecule has 0 fully saturated rings. The van der Waals surface area contributed by atoms with Crippen LogP contribution in [0.1, 0.15) is 37.8 Å². The summed E-state index contributed by atoms with van der Waals surface area (Å²) in [6.45, 7) is 4.03. The van der Waals surface area contributed by atoms with E-state index in [1.807, 2.05) is 32.0 Å². The molecule has 1 aromatic carbocycles. The molecule has 19 heavy (non-hydrogen) atoms. The Kier molecular flexibility index (Phi) is 2.49. The summed E-state index contributed by atoms with van der Waals surface area (Å²) in [7, 11) is 0. The Hall–Kier alpha value is -2.10. The van der Waals surface area contributed by atoms with Crippen LogP contribution in [0, 0.1) is 0 Å². The van der Waals surface area contributed by atoms with Gasteiger partial charge in [0, 0.05) is 16.7 Å². The molecule has 0 bridgehead atoms. The minimum Gasteiger partial charge on any atom is -0.487 e. The molecule has 1 aromatic rings. The smallest absolute Gasteiger partial charge is 0.215 e. The molecule has 0 spiro atoms. The summed E-state index contributed by atoms with van der Waals surface area (Å²) in [5.74, 6) is 0.413. The second-order valence-electron chi connectivity index (χ2n) is 5.49. The fraction of sp³-hybridized carbons (Fsp3) is 0.333. The SMILES string of the molecule is CC1(C)CCC2=C(O1)c1ccccc1/C(=N\O)C2=O. The topological polar surface area (TPSA) is 58.9 Å². The van der Waals surface area contributed by atoms with Crippen molar-refractivity contribution in [3.63, 3.8) is 0 Å². The first-order valence-electron chi connectivity index (χ1n) is 6.32.